The van der Waals surface area contributed by atoms with Crippen molar-refractivity contribution >= 4 is 29.7 Å². The van der Waals surface area contributed by atoms with Crippen LogP contribution < -0.4 is 10.6 Å². The van der Waals surface area contributed by atoms with Crippen molar-refractivity contribution < 1.29 is 23.7 Å². The van der Waals surface area contributed by atoms with E-state index in [0.29, 0.717) is 25.3 Å². The van der Waals surface area contributed by atoms with E-state index in [1.807, 2.05) is 26.8 Å². The lowest BCUT2D eigenvalue weighted by Crippen LogP contribution is -2.50. The van der Waals surface area contributed by atoms with Crippen LogP contribution in [0.4, 0.5) is 5.69 Å². The summed E-state index contributed by atoms with van der Waals surface area (Å²) in [5.41, 5.74) is 1.80. The molecule has 0 saturated heterocycles. The van der Waals surface area contributed by atoms with E-state index in [2.05, 4.69) is 39.6 Å². The molecule has 1 fully saturated rings. The van der Waals surface area contributed by atoms with Gasteiger partial charge in [0, 0.05) is 30.5 Å². The van der Waals surface area contributed by atoms with Gasteiger partial charge in [-0.2, -0.15) is 0 Å². The number of fused-ring (bicyclic) bond motifs is 4. The standard InChI is InChI=1S/C32H47N3O4/c1-32(2,3)39-29(36)21-24(19-23-13-7-6-8-14-23)30(37)34-27-20-25-22-35(28-16-10-9-15-26(25)28)18-12-5-4-11-17-33-31(27)38/h9-10,15-16,22-25,27H,4-8,11-14,17-21H2,1-3H3,(H-,33,34,37,38)/p+1/t24-,25?,27+/m1/s1. The van der Waals surface area contributed by atoms with Gasteiger partial charge in [0.15, 0.2) is 6.21 Å². The first-order valence-corrected chi connectivity index (χ1v) is 15.2. The Hall–Kier alpha value is -2.70. The zero-order valence-corrected chi connectivity index (χ0v) is 24.2. The fourth-order valence-corrected chi connectivity index (χ4v) is 6.39. The second kappa shape index (κ2) is 13.6. The van der Waals surface area contributed by atoms with Gasteiger partial charge in [-0.25, -0.2) is 4.58 Å². The number of hydrogen-bond acceptors (Lipinski definition) is 4. The molecule has 3 aliphatic rings. The Labute approximate surface area is 234 Å². The highest BCUT2D eigenvalue weighted by Crippen LogP contribution is 2.35. The van der Waals surface area contributed by atoms with E-state index < -0.39 is 17.6 Å². The van der Waals surface area contributed by atoms with Crippen molar-refractivity contribution in [3.8, 4) is 0 Å². The molecule has 1 unspecified atom stereocenters. The van der Waals surface area contributed by atoms with Gasteiger partial charge in [-0.1, -0.05) is 56.7 Å². The Morgan fingerprint density at radius 2 is 1.77 bits per heavy atom. The predicted molar refractivity (Wildman–Crippen MR) is 153 cm³/mol. The third kappa shape index (κ3) is 8.64. The molecule has 1 aromatic carbocycles. The maximum atomic E-state index is 13.8. The van der Waals surface area contributed by atoms with E-state index in [1.54, 1.807) is 0 Å². The van der Waals surface area contributed by atoms with Crippen LogP contribution in [-0.4, -0.2) is 53.3 Å². The summed E-state index contributed by atoms with van der Waals surface area (Å²) >= 11 is 0. The van der Waals surface area contributed by atoms with Gasteiger partial charge in [0.2, 0.25) is 17.5 Å². The van der Waals surface area contributed by atoms with Gasteiger partial charge in [-0.15, -0.1) is 0 Å². The molecule has 0 radical (unpaired) electrons. The van der Waals surface area contributed by atoms with Crippen LogP contribution in [0.1, 0.15) is 109 Å². The number of esters is 1. The number of amides is 2. The smallest absolute Gasteiger partial charge is 0.307 e. The van der Waals surface area contributed by atoms with Crippen LogP contribution in [0.2, 0.25) is 0 Å². The van der Waals surface area contributed by atoms with Crippen molar-refractivity contribution in [3.05, 3.63) is 29.8 Å². The zero-order chi connectivity index (χ0) is 27.8. The average Bonchev–Trinajstić information content (AvgIpc) is 3.24. The number of nitrogens with one attached hydrogen (secondary N) is 2. The highest BCUT2D eigenvalue weighted by Gasteiger charge is 2.36. The van der Waals surface area contributed by atoms with Gasteiger partial charge < -0.3 is 15.4 Å². The Balaban J connectivity index is 1.53. The number of nitrogens with zero attached hydrogens (tertiary/aromatic N) is 1. The molecule has 2 heterocycles. The largest absolute Gasteiger partial charge is 0.460 e. The van der Waals surface area contributed by atoms with Crippen molar-refractivity contribution in [1.82, 2.24) is 10.6 Å². The molecule has 2 N–H and O–H groups in total. The molecule has 1 aromatic rings. The van der Waals surface area contributed by atoms with Crippen LogP contribution in [0.15, 0.2) is 24.3 Å². The summed E-state index contributed by atoms with van der Waals surface area (Å²) < 4.78 is 7.92. The molecule has 214 valence electrons. The molecule has 0 spiro atoms. The molecule has 7 heteroatoms. The number of rotatable bonds is 6. The first-order valence-electron chi connectivity index (χ1n) is 15.2. The normalized spacial score (nSPS) is 23.7. The predicted octanol–water partition coefficient (Wildman–Crippen LogP) is 5.38. The van der Waals surface area contributed by atoms with E-state index in [-0.39, 0.29) is 30.1 Å². The molecular weight excluding hydrogens is 490 g/mol. The minimum Gasteiger partial charge on any atom is -0.460 e. The molecule has 39 heavy (non-hydrogen) atoms. The molecule has 2 amide bonds. The second-order valence-electron chi connectivity index (χ2n) is 12.7. The number of ether oxygens (including phenoxy) is 1. The summed E-state index contributed by atoms with van der Waals surface area (Å²) in [4.78, 5) is 40.0. The third-order valence-corrected chi connectivity index (χ3v) is 8.30. The topological polar surface area (TPSA) is 87.5 Å². The fraction of sp³-hybridized carbons (Fsp3) is 0.688. The number of para-hydroxylation sites is 1. The minimum atomic E-state index is -0.667. The van der Waals surface area contributed by atoms with Crippen LogP contribution in [0.3, 0.4) is 0 Å². The Morgan fingerprint density at radius 1 is 1.05 bits per heavy atom. The van der Waals surface area contributed by atoms with Crippen molar-refractivity contribution in [2.75, 3.05) is 13.1 Å². The van der Waals surface area contributed by atoms with E-state index in [9.17, 15) is 14.4 Å². The fourth-order valence-electron chi connectivity index (χ4n) is 6.39. The van der Waals surface area contributed by atoms with E-state index in [1.165, 1.54) is 30.5 Å². The van der Waals surface area contributed by atoms with Crippen LogP contribution in [0.5, 0.6) is 0 Å². The Bertz CT molecular complexity index is 1040. The molecule has 7 nitrogen and oxygen atoms in total. The van der Waals surface area contributed by atoms with E-state index >= 15 is 0 Å². The van der Waals surface area contributed by atoms with Gasteiger partial charge in [0.05, 0.1) is 12.3 Å². The summed E-state index contributed by atoms with van der Waals surface area (Å²) in [5, 5.41) is 6.19. The molecule has 1 aliphatic carbocycles. The SMILES string of the molecule is CC(C)(C)OC(=O)C[C@@H](CC1CCCCC1)C(=O)N[C@H]1CC2C=[N+](CCCCCCNC1=O)c1ccccc12. The van der Waals surface area contributed by atoms with E-state index in [0.717, 1.165) is 45.1 Å². The lowest BCUT2D eigenvalue weighted by Gasteiger charge is -2.28. The lowest BCUT2D eigenvalue weighted by atomic mass is 9.81. The zero-order valence-electron chi connectivity index (χ0n) is 24.2. The van der Waals surface area contributed by atoms with Crippen LogP contribution >= 0.6 is 0 Å². The number of carbonyl (C=O) groups excluding carboxylic acids is 3. The minimum absolute atomic E-state index is 0.0418. The summed E-state index contributed by atoms with van der Waals surface area (Å²) in [6.45, 7) is 7.11. The van der Waals surface area contributed by atoms with E-state index in [4.69, 9.17) is 4.74 Å². The Kier molecular flexibility index (Phi) is 10.2. The summed E-state index contributed by atoms with van der Waals surface area (Å²) in [6, 6.07) is 7.71. The summed E-state index contributed by atoms with van der Waals surface area (Å²) in [7, 11) is 0. The number of carbonyl (C=O) groups is 3. The van der Waals surface area contributed by atoms with Crippen molar-refractivity contribution in [3.63, 3.8) is 0 Å². The third-order valence-electron chi connectivity index (χ3n) is 8.30. The van der Waals surface area contributed by atoms with Crippen molar-refractivity contribution in [2.24, 2.45) is 11.8 Å². The number of benzene rings is 1. The lowest BCUT2D eigenvalue weighted by molar-refractivity contribution is -0.433. The Morgan fingerprint density at radius 3 is 2.54 bits per heavy atom. The van der Waals surface area contributed by atoms with Gasteiger partial charge in [-0.05, 0) is 52.4 Å². The molecule has 3 atom stereocenters. The molecule has 2 aliphatic heterocycles. The van der Waals surface area contributed by atoms with Gasteiger partial charge in [-0.3, -0.25) is 14.4 Å². The first kappa shape index (κ1) is 29.3. The summed E-state index contributed by atoms with van der Waals surface area (Å²) in [5.74, 6) is -0.738. The van der Waals surface area contributed by atoms with Gasteiger partial charge >= 0.3 is 5.97 Å². The van der Waals surface area contributed by atoms with Crippen LogP contribution in [-0.2, 0) is 19.1 Å². The van der Waals surface area contributed by atoms with Gasteiger partial charge in [0.25, 0.3) is 0 Å². The highest BCUT2D eigenvalue weighted by molar-refractivity contribution is 5.90. The highest BCUT2D eigenvalue weighted by atomic mass is 16.6. The summed E-state index contributed by atoms with van der Waals surface area (Å²) in [6.07, 6.45) is 13.4. The molecule has 0 aromatic heterocycles. The number of hydrogen-bond donors (Lipinski definition) is 2. The van der Waals surface area contributed by atoms with Crippen molar-refractivity contribution in [2.45, 2.75) is 115 Å². The van der Waals surface area contributed by atoms with Crippen LogP contribution in [0.25, 0.3) is 0 Å². The molecule has 2 bridgehead atoms. The molecule has 4 rings (SSSR count). The average molecular weight is 539 g/mol. The molecular formula is C32H48N3O4+. The monoisotopic (exact) mass is 538 g/mol. The first-order chi connectivity index (χ1) is 18.7. The van der Waals surface area contributed by atoms with Crippen LogP contribution in [0, 0.1) is 11.8 Å². The van der Waals surface area contributed by atoms with Crippen molar-refractivity contribution in [1.29, 1.82) is 0 Å². The quantitative estimate of drug-likeness (QED) is 0.376. The van der Waals surface area contributed by atoms with Gasteiger partial charge in [0.1, 0.15) is 18.2 Å². The second-order valence-corrected chi connectivity index (χ2v) is 12.7. The molecule has 1 saturated carbocycles. The maximum absolute atomic E-state index is 13.8. The maximum Gasteiger partial charge on any atom is 0.307 e.